The van der Waals surface area contributed by atoms with Crippen LogP contribution in [0.3, 0.4) is 0 Å². The largest absolute Gasteiger partial charge is 0.477 e. The second-order valence-electron chi connectivity index (χ2n) is 5.49. The van der Waals surface area contributed by atoms with Gasteiger partial charge in [0.05, 0.1) is 5.00 Å². The van der Waals surface area contributed by atoms with E-state index < -0.39 is 5.97 Å². The summed E-state index contributed by atoms with van der Waals surface area (Å²) < 4.78 is 0. The molecule has 0 radical (unpaired) electrons. The highest BCUT2D eigenvalue weighted by atomic mass is 32.1. The molecule has 0 aromatic carbocycles. The number of carbonyl (C=O) groups excluding carboxylic acids is 1. The Hall–Kier alpha value is -1.36. The molecule has 0 saturated carbocycles. The number of hydrogen-bond acceptors (Lipinski definition) is 3. The number of carboxylic acids is 1. The third kappa shape index (κ3) is 4.14. The van der Waals surface area contributed by atoms with Crippen LogP contribution in [0.1, 0.15) is 43.8 Å². The average Bonchev–Trinajstić information content (AvgIpc) is 2.64. The van der Waals surface area contributed by atoms with E-state index in [9.17, 15) is 9.59 Å². The topological polar surface area (TPSA) is 66.4 Å². The summed E-state index contributed by atoms with van der Waals surface area (Å²) in [4.78, 5) is 22.7. The van der Waals surface area contributed by atoms with Crippen molar-refractivity contribution in [3.8, 4) is 0 Å². The molecule has 0 aliphatic rings. The fourth-order valence-electron chi connectivity index (χ4n) is 1.29. The Morgan fingerprint density at radius 1 is 1.39 bits per heavy atom. The normalized spacial score (nSPS) is 13.1. The minimum absolute atomic E-state index is 0.0730. The van der Waals surface area contributed by atoms with Gasteiger partial charge in [-0.1, -0.05) is 27.7 Å². The van der Waals surface area contributed by atoms with Gasteiger partial charge in [-0.05, 0) is 23.5 Å². The van der Waals surface area contributed by atoms with Gasteiger partial charge in [-0.25, -0.2) is 4.79 Å². The number of aromatic carboxylic acids is 1. The molecule has 100 valence electrons. The van der Waals surface area contributed by atoms with Crippen LogP contribution in [0.5, 0.6) is 0 Å². The Kier molecular flexibility index (Phi) is 4.51. The van der Waals surface area contributed by atoms with Crippen molar-refractivity contribution in [2.45, 2.75) is 34.1 Å². The summed E-state index contributed by atoms with van der Waals surface area (Å²) in [5.74, 6) is -0.781. The zero-order valence-electron chi connectivity index (χ0n) is 11.1. The summed E-state index contributed by atoms with van der Waals surface area (Å²) in [6.45, 7) is 8.33. The number of rotatable bonds is 4. The molecule has 1 aromatic heterocycles. The highest BCUT2D eigenvalue weighted by Crippen LogP contribution is 2.29. The number of amides is 1. The first-order valence-corrected chi connectivity index (χ1v) is 6.65. The lowest BCUT2D eigenvalue weighted by Gasteiger charge is -2.26. The van der Waals surface area contributed by atoms with Crippen molar-refractivity contribution in [1.82, 2.24) is 0 Å². The van der Waals surface area contributed by atoms with E-state index in [0.29, 0.717) is 11.4 Å². The molecule has 0 saturated heterocycles. The monoisotopic (exact) mass is 269 g/mol. The third-order valence-electron chi connectivity index (χ3n) is 3.05. The van der Waals surface area contributed by atoms with Crippen LogP contribution in [0.2, 0.25) is 0 Å². The van der Waals surface area contributed by atoms with Gasteiger partial charge < -0.3 is 10.4 Å². The van der Waals surface area contributed by atoms with Gasteiger partial charge in [-0.2, -0.15) is 0 Å². The fourth-order valence-corrected chi connectivity index (χ4v) is 2.05. The molecule has 5 heteroatoms. The van der Waals surface area contributed by atoms with Gasteiger partial charge in [-0.15, -0.1) is 11.3 Å². The van der Waals surface area contributed by atoms with Crippen LogP contribution >= 0.6 is 11.3 Å². The summed E-state index contributed by atoms with van der Waals surface area (Å²) in [6.07, 6.45) is 0.434. The molecule has 0 aliphatic carbocycles. The van der Waals surface area contributed by atoms with Gasteiger partial charge in [0.2, 0.25) is 5.91 Å². The lowest BCUT2D eigenvalue weighted by Crippen LogP contribution is -2.23. The van der Waals surface area contributed by atoms with E-state index in [0.717, 1.165) is 11.3 Å². The van der Waals surface area contributed by atoms with Crippen molar-refractivity contribution in [3.63, 3.8) is 0 Å². The average molecular weight is 269 g/mol. The number of hydrogen-bond donors (Lipinski definition) is 2. The second kappa shape index (κ2) is 5.52. The zero-order valence-corrected chi connectivity index (χ0v) is 11.9. The van der Waals surface area contributed by atoms with Crippen molar-refractivity contribution in [2.24, 2.45) is 11.3 Å². The lowest BCUT2D eigenvalue weighted by atomic mass is 9.80. The predicted octanol–water partition coefficient (Wildman–Crippen LogP) is 3.46. The van der Waals surface area contributed by atoms with E-state index in [4.69, 9.17) is 5.11 Å². The van der Waals surface area contributed by atoms with Crippen LogP contribution in [0.25, 0.3) is 0 Å². The molecule has 1 aromatic rings. The molecule has 0 bridgehead atoms. The molecular weight excluding hydrogens is 250 g/mol. The number of anilines is 1. The molecule has 0 fully saturated rings. The smallest absolute Gasteiger partial charge is 0.345 e. The van der Waals surface area contributed by atoms with Gasteiger partial charge in [0.1, 0.15) is 4.88 Å². The van der Waals surface area contributed by atoms with E-state index in [1.54, 1.807) is 6.07 Å². The highest BCUT2D eigenvalue weighted by Gasteiger charge is 2.22. The summed E-state index contributed by atoms with van der Waals surface area (Å²) in [5.41, 5.74) is 0.0824. The molecule has 18 heavy (non-hydrogen) atoms. The minimum atomic E-state index is -0.969. The first-order chi connectivity index (χ1) is 8.20. The van der Waals surface area contributed by atoms with Crippen molar-refractivity contribution in [2.75, 3.05) is 5.32 Å². The van der Waals surface area contributed by atoms with E-state index in [-0.39, 0.29) is 22.1 Å². The molecule has 1 unspecified atom stereocenters. The van der Waals surface area contributed by atoms with E-state index >= 15 is 0 Å². The van der Waals surface area contributed by atoms with E-state index in [1.165, 1.54) is 6.07 Å². The fraction of sp³-hybridized carbons (Fsp3) is 0.538. The lowest BCUT2D eigenvalue weighted by molar-refractivity contribution is -0.117. The first-order valence-electron chi connectivity index (χ1n) is 5.83. The zero-order chi connectivity index (χ0) is 13.9. The van der Waals surface area contributed by atoms with Crippen LogP contribution in [0.4, 0.5) is 5.00 Å². The Morgan fingerprint density at radius 2 is 2.00 bits per heavy atom. The van der Waals surface area contributed by atoms with Gasteiger partial charge in [0.25, 0.3) is 0 Å². The summed E-state index contributed by atoms with van der Waals surface area (Å²) in [5, 5.41) is 12.1. The Morgan fingerprint density at radius 3 is 2.44 bits per heavy atom. The number of carbonyl (C=O) groups is 2. The summed E-state index contributed by atoms with van der Waals surface area (Å²) in [7, 11) is 0. The van der Waals surface area contributed by atoms with E-state index in [1.807, 2.05) is 6.92 Å². The standard InChI is InChI=1S/C13H19NO3S/c1-8(13(2,3)4)7-10(15)14-11-6-5-9(18-11)12(16)17/h5-6,8H,7H2,1-4H3,(H,14,15)(H,16,17). The molecule has 1 rings (SSSR count). The Bertz CT molecular complexity index is 445. The van der Waals surface area contributed by atoms with Gasteiger partial charge >= 0.3 is 5.97 Å². The summed E-state index contributed by atoms with van der Waals surface area (Å²) in [6, 6.07) is 3.11. The molecule has 0 spiro atoms. The van der Waals surface area contributed by atoms with Crippen LogP contribution in [-0.2, 0) is 4.79 Å². The molecule has 4 nitrogen and oxygen atoms in total. The van der Waals surface area contributed by atoms with Crippen LogP contribution in [0, 0.1) is 11.3 Å². The van der Waals surface area contributed by atoms with Crippen LogP contribution in [0.15, 0.2) is 12.1 Å². The van der Waals surface area contributed by atoms with Gasteiger partial charge in [0.15, 0.2) is 0 Å². The molecule has 1 heterocycles. The van der Waals surface area contributed by atoms with Gasteiger partial charge in [0, 0.05) is 6.42 Å². The second-order valence-corrected chi connectivity index (χ2v) is 6.57. The Labute approximate surface area is 111 Å². The van der Waals surface area contributed by atoms with Crippen LogP contribution < -0.4 is 5.32 Å². The molecule has 0 aliphatic heterocycles. The number of thiophene rings is 1. The Balaban J connectivity index is 2.57. The predicted molar refractivity (Wildman–Crippen MR) is 73.1 cm³/mol. The van der Waals surface area contributed by atoms with Crippen LogP contribution in [-0.4, -0.2) is 17.0 Å². The maximum Gasteiger partial charge on any atom is 0.345 e. The van der Waals surface area contributed by atoms with Crippen molar-refractivity contribution < 1.29 is 14.7 Å². The molecule has 1 atom stereocenters. The third-order valence-corrected chi connectivity index (χ3v) is 4.04. The van der Waals surface area contributed by atoms with Crippen molar-refractivity contribution in [1.29, 1.82) is 0 Å². The molecule has 2 N–H and O–H groups in total. The SMILES string of the molecule is CC(CC(=O)Nc1ccc(C(=O)O)s1)C(C)(C)C. The number of nitrogens with one attached hydrogen (secondary N) is 1. The van der Waals surface area contributed by atoms with Gasteiger partial charge in [-0.3, -0.25) is 4.79 Å². The highest BCUT2D eigenvalue weighted by molar-refractivity contribution is 7.18. The van der Waals surface area contributed by atoms with E-state index in [2.05, 4.69) is 26.1 Å². The first kappa shape index (κ1) is 14.7. The maximum absolute atomic E-state index is 11.8. The molecular formula is C13H19NO3S. The van der Waals surface area contributed by atoms with Crippen molar-refractivity contribution in [3.05, 3.63) is 17.0 Å². The maximum atomic E-state index is 11.8. The summed E-state index contributed by atoms with van der Waals surface area (Å²) >= 11 is 1.07. The van der Waals surface area contributed by atoms with Crippen molar-refractivity contribution >= 4 is 28.2 Å². The molecule has 1 amide bonds. The number of carboxylic acid groups (broad SMARTS) is 1. The minimum Gasteiger partial charge on any atom is -0.477 e. The quantitative estimate of drug-likeness (QED) is 0.879.